The van der Waals surface area contributed by atoms with Gasteiger partial charge in [0, 0.05) is 59.0 Å². The van der Waals surface area contributed by atoms with E-state index in [-0.39, 0.29) is 48.0 Å². The fourth-order valence-electron chi connectivity index (χ4n) is 11.2. The van der Waals surface area contributed by atoms with E-state index in [1.807, 2.05) is 0 Å². The van der Waals surface area contributed by atoms with Crippen molar-refractivity contribution in [2.24, 2.45) is 11.7 Å². The number of primary amides is 1. The molecule has 506 valence electrons. The highest BCUT2D eigenvalue weighted by Gasteiger charge is 2.68. The van der Waals surface area contributed by atoms with Gasteiger partial charge in [-0.25, -0.2) is 40.0 Å². The number of nitrogens with one attached hydrogen (secondary N) is 2. The molecule has 5 atom stereocenters. The molecule has 3 aromatic carbocycles. The molecule has 2 aliphatic rings. The van der Waals surface area contributed by atoms with E-state index in [9.17, 15) is 63.7 Å². The summed E-state index contributed by atoms with van der Waals surface area (Å²) in [5.41, 5.74) is -3.53. The van der Waals surface area contributed by atoms with E-state index in [0.717, 1.165) is 49.3 Å². The number of fused-ring (bicyclic) bond motifs is 4. The van der Waals surface area contributed by atoms with Gasteiger partial charge < -0.3 is 30.9 Å². The average molecular weight is 1410 g/mol. The van der Waals surface area contributed by atoms with E-state index in [4.69, 9.17) is 21.9 Å². The number of halogens is 11. The maximum Gasteiger partial charge on any atom is 0.435 e. The molecule has 0 radical (unpaired) electrons. The van der Waals surface area contributed by atoms with Crippen LogP contribution in [0.1, 0.15) is 110 Å². The Morgan fingerprint density at radius 1 is 0.915 bits per heavy atom. The van der Waals surface area contributed by atoms with Gasteiger partial charge in [0.15, 0.2) is 21.3 Å². The van der Waals surface area contributed by atoms with Gasteiger partial charge in [0.05, 0.1) is 46.8 Å². The van der Waals surface area contributed by atoms with E-state index in [1.165, 1.54) is 46.8 Å². The molecule has 36 heteroatoms. The third-order valence-electron chi connectivity index (χ3n) is 15.3. The van der Waals surface area contributed by atoms with Crippen LogP contribution in [-0.2, 0) is 91.8 Å². The number of alkyl halides is 8. The lowest BCUT2D eigenvalue weighted by molar-refractivity contribution is -0.143. The molecule has 22 nitrogen and oxygen atoms in total. The van der Waals surface area contributed by atoms with Crippen molar-refractivity contribution in [1.82, 2.24) is 35.2 Å². The topological polar surface area (TPSA) is 322 Å². The van der Waals surface area contributed by atoms with Crippen LogP contribution in [0.15, 0.2) is 54.6 Å². The van der Waals surface area contributed by atoms with Crippen LogP contribution in [0, 0.1) is 36.3 Å². The number of pyridine rings is 1. The highest BCUT2D eigenvalue weighted by Crippen LogP contribution is 2.68. The summed E-state index contributed by atoms with van der Waals surface area (Å²) < 4.78 is 221. The number of carbonyl (C=O) groups is 5. The number of nitrogens with zero attached hydrogens (tertiary/aromatic N) is 6. The van der Waals surface area contributed by atoms with Crippen LogP contribution >= 0.6 is 19.2 Å². The van der Waals surface area contributed by atoms with Gasteiger partial charge in [-0.15, -0.1) is 0 Å². The molecule has 3 aromatic heterocycles. The minimum absolute atomic E-state index is 0.0229. The molecule has 0 saturated heterocycles. The van der Waals surface area contributed by atoms with E-state index in [1.54, 1.807) is 0 Å². The predicted octanol–water partition coefficient (Wildman–Crippen LogP) is 8.44. The Balaban J connectivity index is 1.34. The molecule has 0 spiro atoms. The molecule has 0 bridgehead atoms. The van der Waals surface area contributed by atoms with E-state index >= 15 is 35.5 Å². The number of amides is 4. The molecule has 1 unspecified atom stereocenters. The number of sulfone groups is 1. The molecule has 3 heterocycles. The number of sulfonamides is 1. The lowest BCUT2D eigenvalue weighted by Gasteiger charge is -2.32. The zero-order valence-corrected chi connectivity index (χ0v) is 53.8. The summed E-state index contributed by atoms with van der Waals surface area (Å²) in [7, 11) is -13.7. The number of carboxylic acid groups (broad SMARTS) is 1. The number of hydrogen-bond acceptors (Lipinski definition) is 14. The number of anilines is 1. The molecule has 2 aliphatic carbocycles. The summed E-state index contributed by atoms with van der Waals surface area (Å²) in [5, 5.41) is 20.3. The zero-order valence-electron chi connectivity index (χ0n) is 50.5. The summed E-state index contributed by atoms with van der Waals surface area (Å²) in [4.78, 5) is 81.8. The lowest BCUT2D eigenvalue weighted by atomic mass is 9.77. The molecule has 6 N–H and O–H groups in total. The first kappa shape index (κ1) is 71.7. The second-order valence-corrected chi connectivity index (χ2v) is 30.6. The third kappa shape index (κ3) is 15.6. The lowest BCUT2D eigenvalue weighted by Crippen LogP contribution is -2.44. The Hall–Kier alpha value is -8.12. The van der Waals surface area contributed by atoms with Crippen molar-refractivity contribution in [3.05, 3.63) is 122 Å². The average Bonchev–Trinajstić information content (AvgIpc) is 1.52. The van der Waals surface area contributed by atoms with Gasteiger partial charge in [0.25, 0.3) is 5.92 Å². The fraction of sp³-hybridized carbons (Fsp3) is 0.414. The maximum absolute atomic E-state index is 15.8. The molecule has 1 saturated carbocycles. The maximum atomic E-state index is 15.8. The summed E-state index contributed by atoms with van der Waals surface area (Å²) in [6, 6.07) is 4.92. The van der Waals surface area contributed by atoms with Crippen LogP contribution in [0.5, 0.6) is 5.75 Å². The second kappa shape index (κ2) is 25.2. The Morgan fingerprint density at radius 2 is 1.54 bits per heavy atom. The van der Waals surface area contributed by atoms with Crippen LogP contribution in [0.2, 0.25) is 5.02 Å². The van der Waals surface area contributed by atoms with Crippen molar-refractivity contribution in [1.29, 1.82) is 0 Å². The minimum Gasteiger partial charge on any atom is -0.480 e. The van der Waals surface area contributed by atoms with Crippen LogP contribution in [-0.4, -0.2) is 117 Å². The number of aliphatic carboxylic acids is 1. The molecular formula is C58H57ClF10N9O13PS2. The number of carbonyl (C=O) groups excluding carboxylic acids is 4. The quantitative estimate of drug-likeness (QED) is 0.0242. The predicted molar refractivity (Wildman–Crippen MR) is 317 cm³/mol. The molecule has 1 fully saturated rings. The van der Waals surface area contributed by atoms with Gasteiger partial charge in [-0.05, 0) is 98.5 Å². The van der Waals surface area contributed by atoms with Crippen molar-refractivity contribution >= 4 is 85.4 Å². The largest absolute Gasteiger partial charge is 0.480 e. The van der Waals surface area contributed by atoms with Crippen LogP contribution in [0.25, 0.3) is 22.0 Å². The van der Waals surface area contributed by atoms with Gasteiger partial charge in [-0.2, -0.15) is 49.6 Å². The van der Waals surface area contributed by atoms with E-state index in [2.05, 4.69) is 37.7 Å². The van der Waals surface area contributed by atoms with Gasteiger partial charge in [0.1, 0.15) is 52.7 Å². The van der Waals surface area contributed by atoms with Crippen molar-refractivity contribution in [2.75, 3.05) is 23.5 Å². The van der Waals surface area contributed by atoms with Crippen LogP contribution in [0.3, 0.4) is 0 Å². The van der Waals surface area contributed by atoms with Gasteiger partial charge in [-0.3, -0.25) is 28.5 Å². The summed E-state index contributed by atoms with van der Waals surface area (Å²) >= 11 is 6.84. The number of aryl methyl sites for hydroxylation is 1. The van der Waals surface area contributed by atoms with Crippen molar-refractivity contribution in [2.45, 2.75) is 126 Å². The van der Waals surface area contributed by atoms with Gasteiger partial charge in [0.2, 0.25) is 33.7 Å². The number of rotatable bonds is 22. The standard InChI is InChI=1S/C58H57ClF10N9O13PS2/c1-27-15-29(20-42(80)73-39(53(83)84)23-41(70)79)47(40(16-27)91-92(6,85)86)54(2,3)24-44(82)78(94(8,89)90)52-46-37(59)12-11-34(49(46)77(75-52)26-56(62,63)64)33-10-9-32(13-14-55(4,5)93(7,87)88)71-48(33)38(19-28-17-30(60)21-31(61)18-28)72-43(81)25-76-51-45(50(74-76)58(67,68)69)35-22-36(35)57(51,65)66/h9-12,15-18,21,35-36,38-39H,19-20,22-26H2,1-8H3,(H2,70,79)(H,72,81)(H,73,80)(H,83,84)(H,85,86)/t35-,36+,38-,39-/m0/s1. The first-order chi connectivity index (χ1) is 43.0. The van der Waals surface area contributed by atoms with E-state index < -0.39 is 221 Å². The SMILES string of the molecule is Cc1cc(CC(=O)N[C@@H](CC(N)=O)C(=O)O)c(C(C)(C)CC(=O)N(c2nn(CC(F)(F)F)c3c(-c4ccc(C#CC(C)(C)S(C)(=O)=O)nc4[C@H](Cc4cc(F)cc(F)c4)NC(=O)Cn4nc(C(F)(F)F)c5c4C(F)(F)[C@@H]4C[C@H]54)ccc(Cl)c23)S(C)(=O)=O)c(OP(C)(=O)O)c1. The number of nitrogens with two attached hydrogens (primary N) is 1. The number of benzene rings is 3. The Morgan fingerprint density at radius 3 is 2.11 bits per heavy atom. The Bertz CT molecular complexity index is 4480. The van der Waals surface area contributed by atoms with Crippen LogP contribution in [0.4, 0.5) is 49.7 Å². The summed E-state index contributed by atoms with van der Waals surface area (Å²) in [6.45, 7) is 3.63. The highest BCUT2D eigenvalue weighted by atomic mass is 35.5. The number of hydrogen-bond donors (Lipinski definition) is 5. The molecule has 6 aromatic rings. The fourth-order valence-corrected chi connectivity index (χ4v) is 13.1. The van der Waals surface area contributed by atoms with E-state index in [0.29, 0.717) is 12.3 Å². The Labute approximate surface area is 534 Å². The van der Waals surface area contributed by atoms with Crippen LogP contribution < -0.4 is 25.2 Å². The molecular weight excluding hydrogens is 1350 g/mol. The number of aromatic nitrogens is 5. The summed E-state index contributed by atoms with van der Waals surface area (Å²) in [5.74, 6) is -12.5. The molecule has 0 aliphatic heterocycles. The summed E-state index contributed by atoms with van der Waals surface area (Å²) in [6.07, 6.45) is -13.2. The monoisotopic (exact) mass is 1410 g/mol. The van der Waals surface area contributed by atoms with Crippen molar-refractivity contribution in [3.8, 4) is 28.7 Å². The highest BCUT2D eigenvalue weighted by molar-refractivity contribution is 7.93. The van der Waals surface area contributed by atoms with Crippen molar-refractivity contribution < 1.29 is 104 Å². The van der Waals surface area contributed by atoms with Gasteiger partial charge in [-0.1, -0.05) is 43.5 Å². The second-order valence-electron chi connectivity index (χ2n) is 24.0. The third-order valence-corrected chi connectivity index (χ3v) is 19.2. The smallest absolute Gasteiger partial charge is 0.435 e. The first-order valence-electron chi connectivity index (χ1n) is 27.8. The first-order valence-corrected chi connectivity index (χ1v) is 33.9. The molecule has 8 rings (SSSR count). The normalized spacial score (nSPS) is 16.8. The van der Waals surface area contributed by atoms with Gasteiger partial charge >= 0.3 is 25.9 Å². The molecule has 4 amide bonds. The zero-order chi connectivity index (χ0) is 70.3. The Kier molecular flexibility index (Phi) is 19.2. The minimum atomic E-state index is -5.29. The van der Waals surface area contributed by atoms with Crippen molar-refractivity contribution in [3.63, 3.8) is 0 Å². The molecule has 94 heavy (non-hydrogen) atoms. The number of carboxylic acids is 1.